The predicted molar refractivity (Wildman–Crippen MR) is 191 cm³/mol. The number of esters is 1. The molecule has 8 rings (SSSR count). The second-order valence-electron chi connectivity index (χ2n) is 18.7. The SMILES string of the molecule is CC1OC(OC2CCC3(C)C(CCC4C3CC(O)C3(C)C(C5=CC(=O)OC5)CCC43O)C2)CCC1OC1CC(O)C(OC2CC(O)C(O)C(C)O2)C(C)O1. The second-order valence-corrected chi connectivity index (χ2v) is 18.7. The van der Waals surface area contributed by atoms with Gasteiger partial charge < -0.3 is 58.7 Å². The van der Waals surface area contributed by atoms with Gasteiger partial charge in [-0.05, 0) is 113 Å². The lowest BCUT2D eigenvalue weighted by Crippen LogP contribution is -2.67. The van der Waals surface area contributed by atoms with E-state index in [0.717, 1.165) is 50.5 Å². The maximum atomic E-state index is 12.6. The van der Waals surface area contributed by atoms with Crippen molar-refractivity contribution in [3.8, 4) is 0 Å². The van der Waals surface area contributed by atoms with Gasteiger partial charge in [0.25, 0.3) is 0 Å². The number of carbonyl (C=O) groups is 1. The molecule has 13 nitrogen and oxygen atoms in total. The van der Waals surface area contributed by atoms with Crippen LogP contribution < -0.4 is 0 Å². The summed E-state index contributed by atoms with van der Waals surface area (Å²) in [6.45, 7) is 10.2. The Morgan fingerprint density at radius 1 is 0.722 bits per heavy atom. The van der Waals surface area contributed by atoms with Gasteiger partial charge in [-0.3, -0.25) is 0 Å². The molecule has 0 radical (unpaired) electrons. The molecule has 5 N–H and O–H groups in total. The smallest absolute Gasteiger partial charge is 0.331 e. The van der Waals surface area contributed by atoms with Crippen molar-refractivity contribution in [1.29, 1.82) is 0 Å². The molecule has 0 amide bonds. The molecule has 306 valence electrons. The number of fused-ring (bicyclic) bond motifs is 5. The quantitative estimate of drug-likeness (QED) is 0.188. The molecule has 0 aromatic carbocycles. The van der Waals surface area contributed by atoms with E-state index >= 15 is 0 Å². The fourth-order valence-corrected chi connectivity index (χ4v) is 12.7. The van der Waals surface area contributed by atoms with Crippen LogP contribution in [0.1, 0.15) is 112 Å². The van der Waals surface area contributed by atoms with Crippen molar-refractivity contribution in [3.05, 3.63) is 11.6 Å². The first-order valence-corrected chi connectivity index (χ1v) is 20.8. The molecule has 0 bridgehead atoms. The van der Waals surface area contributed by atoms with Crippen LogP contribution in [0.2, 0.25) is 0 Å². The largest absolute Gasteiger partial charge is 0.458 e. The summed E-state index contributed by atoms with van der Waals surface area (Å²) in [5.41, 5.74) is -0.759. The Morgan fingerprint density at radius 2 is 1.44 bits per heavy atom. The second kappa shape index (κ2) is 14.9. The van der Waals surface area contributed by atoms with Gasteiger partial charge in [0.2, 0.25) is 0 Å². The van der Waals surface area contributed by atoms with Crippen molar-refractivity contribution in [2.24, 2.45) is 34.5 Å². The third kappa shape index (κ3) is 6.72. The third-order valence-corrected chi connectivity index (χ3v) is 15.9. The van der Waals surface area contributed by atoms with E-state index in [-0.39, 0.29) is 73.2 Å². The molecular weight excluding hydrogens is 700 g/mol. The van der Waals surface area contributed by atoms with Crippen molar-refractivity contribution in [2.45, 2.75) is 197 Å². The van der Waals surface area contributed by atoms with Crippen molar-refractivity contribution in [2.75, 3.05) is 6.61 Å². The highest BCUT2D eigenvalue weighted by atomic mass is 16.7. The first-order chi connectivity index (χ1) is 25.6. The normalized spacial score (nSPS) is 55.0. The molecule has 4 aliphatic heterocycles. The summed E-state index contributed by atoms with van der Waals surface area (Å²) in [5, 5.41) is 55.6. The van der Waals surface area contributed by atoms with Crippen LogP contribution in [0.25, 0.3) is 0 Å². The van der Waals surface area contributed by atoms with Gasteiger partial charge in [-0.15, -0.1) is 0 Å². The topological polar surface area (TPSA) is 183 Å². The number of hydrogen-bond acceptors (Lipinski definition) is 13. The van der Waals surface area contributed by atoms with Crippen LogP contribution in [0.5, 0.6) is 0 Å². The molecule has 20 atom stereocenters. The van der Waals surface area contributed by atoms with Gasteiger partial charge >= 0.3 is 5.97 Å². The van der Waals surface area contributed by atoms with Gasteiger partial charge in [-0.25, -0.2) is 4.79 Å². The molecule has 4 aliphatic carbocycles. The average Bonchev–Trinajstić information content (AvgIpc) is 3.67. The van der Waals surface area contributed by atoms with E-state index in [2.05, 4.69) is 13.8 Å². The van der Waals surface area contributed by atoms with Crippen LogP contribution in [0.15, 0.2) is 11.6 Å². The summed E-state index contributed by atoms with van der Waals surface area (Å²) in [5.74, 6) is 0.392. The maximum Gasteiger partial charge on any atom is 0.331 e. The van der Waals surface area contributed by atoms with E-state index in [1.54, 1.807) is 13.0 Å². The Hall–Kier alpha value is -1.23. The van der Waals surface area contributed by atoms with Gasteiger partial charge in [0.1, 0.15) is 18.8 Å². The molecule has 7 fully saturated rings. The number of aliphatic hydroxyl groups excluding tert-OH is 4. The predicted octanol–water partition coefficient (Wildman–Crippen LogP) is 3.25. The molecule has 3 saturated heterocycles. The molecular formula is C41H64O13. The Kier molecular flexibility index (Phi) is 10.9. The average molecular weight is 765 g/mol. The molecule has 20 unspecified atom stereocenters. The maximum absolute atomic E-state index is 12.6. The van der Waals surface area contributed by atoms with Gasteiger partial charge in [0.05, 0.1) is 54.4 Å². The van der Waals surface area contributed by atoms with E-state index in [0.29, 0.717) is 25.2 Å². The summed E-state index contributed by atoms with van der Waals surface area (Å²) < 4.78 is 42.5. The van der Waals surface area contributed by atoms with Crippen molar-refractivity contribution < 1.29 is 63.5 Å². The zero-order valence-electron chi connectivity index (χ0n) is 32.6. The lowest BCUT2D eigenvalue weighted by atomic mass is 9.42. The minimum Gasteiger partial charge on any atom is -0.458 e. The van der Waals surface area contributed by atoms with E-state index in [9.17, 15) is 30.3 Å². The monoisotopic (exact) mass is 764 g/mol. The van der Waals surface area contributed by atoms with Crippen LogP contribution in [-0.2, 0) is 38.0 Å². The molecule has 54 heavy (non-hydrogen) atoms. The first-order valence-electron chi connectivity index (χ1n) is 20.8. The summed E-state index contributed by atoms with van der Waals surface area (Å²) >= 11 is 0. The number of hydrogen-bond donors (Lipinski definition) is 5. The molecule has 0 aromatic heterocycles. The Labute approximate surface area is 319 Å². The fraction of sp³-hybridized carbons (Fsp3) is 0.927. The Morgan fingerprint density at radius 3 is 2.15 bits per heavy atom. The number of ether oxygens (including phenoxy) is 7. The Bertz CT molecular complexity index is 1390. The van der Waals surface area contributed by atoms with Gasteiger partial charge in [-0.1, -0.05) is 13.8 Å². The number of rotatable bonds is 7. The first kappa shape index (κ1) is 39.6. The number of aliphatic hydroxyl groups is 5. The van der Waals surface area contributed by atoms with Gasteiger partial charge in [0, 0.05) is 30.8 Å². The Balaban J connectivity index is 0.821. The van der Waals surface area contributed by atoms with Crippen LogP contribution in [0.4, 0.5) is 0 Å². The lowest BCUT2D eigenvalue weighted by Gasteiger charge is -2.65. The highest BCUT2D eigenvalue weighted by Gasteiger charge is 2.71. The van der Waals surface area contributed by atoms with Crippen LogP contribution in [0.3, 0.4) is 0 Å². The van der Waals surface area contributed by atoms with Crippen molar-refractivity contribution in [1.82, 2.24) is 0 Å². The summed E-state index contributed by atoms with van der Waals surface area (Å²) in [6.07, 6.45) is 2.89. The van der Waals surface area contributed by atoms with Crippen LogP contribution in [0, 0.1) is 34.5 Å². The van der Waals surface area contributed by atoms with E-state index in [1.165, 1.54) is 0 Å². The molecule has 0 aromatic rings. The number of carbonyl (C=O) groups excluding carboxylic acids is 1. The molecule has 8 aliphatic rings. The highest BCUT2D eigenvalue weighted by molar-refractivity contribution is 5.85. The van der Waals surface area contributed by atoms with E-state index < -0.39 is 66.3 Å². The molecule has 4 heterocycles. The minimum atomic E-state index is -0.981. The standard InChI is InChI=1S/C41H64O13/c1-20-31(53-35-18-30(43)38(22(3)51-35)54-36-17-29(42)37(46)21(2)50-36)8-9-34(49-20)52-25-10-12-39(4)24(15-25)6-7-27-28(39)16-32(44)40(5)26(11-13-41(27,40)47)23-14-33(45)48-19-23/h14,20-22,24-32,34-38,42-44,46-47H,6-13,15-19H2,1-5H3. The van der Waals surface area contributed by atoms with Crippen LogP contribution >= 0.6 is 0 Å². The third-order valence-electron chi connectivity index (χ3n) is 15.9. The molecule has 13 heteroatoms. The highest BCUT2D eigenvalue weighted by Crippen LogP contribution is 2.70. The van der Waals surface area contributed by atoms with Crippen molar-refractivity contribution >= 4 is 5.97 Å². The van der Waals surface area contributed by atoms with E-state index in [4.69, 9.17) is 33.2 Å². The molecule has 4 saturated carbocycles. The zero-order valence-corrected chi connectivity index (χ0v) is 32.6. The molecule has 0 spiro atoms. The summed E-state index contributed by atoms with van der Waals surface area (Å²) in [4.78, 5) is 11.9. The summed E-state index contributed by atoms with van der Waals surface area (Å²) in [6, 6.07) is 0. The fourth-order valence-electron chi connectivity index (χ4n) is 12.7. The van der Waals surface area contributed by atoms with Gasteiger partial charge in [0.15, 0.2) is 18.9 Å². The van der Waals surface area contributed by atoms with Crippen molar-refractivity contribution in [3.63, 3.8) is 0 Å². The van der Waals surface area contributed by atoms with Crippen LogP contribution in [-0.4, -0.2) is 124 Å². The number of cyclic esters (lactones) is 1. The summed E-state index contributed by atoms with van der Waals surface area (Å²) in [7, 11) is 0. The lowest BCUT2D eigenvalue weighted by molar-refractivity contribution is -0.327. The van der Waals surface area contributed by atoms with E-state index in [1.807, 2.05) is 13.8 Å². The van der Waals surface area contributed by atoms with Gasteiger partial charge in [-0.2, -0.15) is 0 Å². The minimum absolute atomic E-state index is 0.00159. The zero-order chi connectivity index (χ0) is 38.3.